The molecule has 0 aromatic heterocycles. The fourth-order valence-electron chi connectivity index (χ4n) is 3.47. The topological polar surface area (TPSA) is 85.7 Å². The second-order valence-electron chi connectivity index (χ2n) is 6.94. The van der Waals surface area contributed by atoms with Crippen LogP contribution in [0, 0.1) is 17.2 Å². The fraction of sp³-hybridized carbons (Fsp3) is 0.526. The first-order valence-electron chi connectivity index (χ1n) is 9.06. The lowest BCUT2D eigenvalue weighted by molar-refractivity contribution is -0.119. The molecule has 1 aromatic rings. The van der Waals surface area contributed by atoms with Crippen molar-refractivity contribution in [2.24, 2.45) is 5.92 Å². The van der Waals surface area contributed by atoms with Gasteiger partial charge in [0.25, 0.3) is 0 Å². The number of carbonyl (C=O) groups is 2. The number of halogens is 1. The van der Waals surface area contributed by atoms with Crippen LogP contribution in [0.3, 0.4) is 0 Å². The fourth-order valence-corrected chi connectivity index (χ4v) is 3.47. The van der Waals surface area contributed by atoms with E-state index in [0.29, 0.717) is 25.2 Å². The van der Waals surface area contributed by atoms with Gasteiger partial charge >= 0.3 is 6.09 Å². The van der Waals surface area contributed by atoms with Crippen molar-refractivity contribution in [1.29, 1.82) is 5.26 Å². The highest BCUT2D eigenvalue weighted by Gasteiger charge is 2.33. The number of piperidine rings is 1. The van der Waals surface area contributed by atoms with Crippen LogP contribution in [0.4, 0.5) is 20.6 Å². The SMILES string of the molecule is CC(=O)NC[C@H]1CN(c2ccc(N3CCC(CC#N)C(F)C3)cc2)C(=O)O1. The number of hydrogen-bond donors (Lipinski definition) is 1. The summed E-state index contributed by atoms with van der Waals surface area (Å²) in [7, 11) is 0. The molecular formula is C19H23FN4O3. The number of nitriles is 1. The normalized spacial score (nSPS) is 25.1. The minimum atomic E-state index is -1.01. The molecule has 0 radical (unpaired) electrons. The number of anilines is 2. The smallest absolute Gasteiger partial charge is 0.414 e. The Hall–Kier alpha value is -2.82. The molecule has 7 nitrogen and oxygen atoms in total. The monoisotopic (exact) mass is 374 g/mol. The summed E-state index contributed by atoms with van der Waals surface area (Å²) in [5.41, 5.74) is 1.59. The maximum atomic E-state index is 14.2. The molecule has 3 atom stereocenters. The molecule has 8 heteroatoms. The van der Waals surface area contributed by atoms with Crippen molar-refractivity contribution in [3.05, 3.63) is 24.3 Å². The van der Waals surface area contributed by atoms with Gasteiger partial charge in [-0.3, -0.25) is 9.69 Å². The van der Waals surface area contributed by atoms with Gasteiger partial charge in [0.15, 0.2) is 0 Å². The largest absolute Gasteiger partial charge is 0.442 e. The van der Waals surface area contributed by atoms with Crippen LogP contribution in [-0.2, 0) is 9.53 Å². The van der Waals surface area contributed by atoms with Crippen molar-refractivity contribution in [1.82, 2.24) is 5.32 Å². The lowest BCUT2D eigenvalue weighted by Gasteiger charge is -2.35. The van der Waals surface area contributed by atoms with Crippen LogP contribution in [0.15, 0.2) is 24.3 Å². The lowest BCUT2D eigenvalue weighted by Crippen LogP contribution is -2.41. The molecule has 0 aliphatic carbocycles. The summed E-state index contributed by atoms with van der Waals surface area (Å²) in [4.78, 5) is 26.5. The Balaban J connectivity index is 1.60. The Morgan fingerprint density at radius 1 is 1.33 bits per heavy atom. The third-order valence-electron chi connectivity index (χ3n) is 5.01. The molecule has 1 aromatic carbocycles. The van der Waals surface area contributed by atoms with Crippen LogP contribution in [-0.4, -0.2) is 50.5 Å². The number of amides is 2. The first-order valence-corrected chi connectivity index (χ1v) is 9.06. The predicted molar refractivity (Wildman–Crippen MR) is 98.2 cm³/mol. The van der Waals surface area contributed by atoms with Crippen LogP contribution in [0.5, 0.6) is 0 Å². The second-order valence-corrected chi connectivity index (χ2v) is 6.94. The molecule has 2 aliphatic rings. The molecule has 2 saturated heterocycles. The van der Waals surface area contributed by atoms with E-state index < -0.39 is 12.3 Å². The quantitative estimate of drug-likeness (QED) is 0.854. The highest BCUT2D eigenvalue weighted by atomic mass is 19.1. The highest BCUT2D eigenvalue weighted by molar-refractivity contribution is 5.90. The maximum absolute atomic E-state index is 14.2. The van der Waals surface area contributed by atoms with E-state index in [1.165, 1.54) is 11.8 Å². The molecule has 1 N–H and O–H groups in total. The summed E-state index contributed by atoms with van der Waals surface area (Å²) in [6, 6.07) is 9.40. The highest BCUT2D eigenvalue weighted by Crippen LogP contribution is 2.29. The van der Waals surface area contributed by atoms with Crippen molar-refractivity contribution in [2.45, 2.75) is 32.0 Å². The average Bonchev–Trinajstić information content (AvgIpc) is 3.03. The Labute approximate surface area is 157 Å². The van der Waals surface area contributed by atoms with Crippen LogP contribution in [0.2, 0.25) is 0 Å². The lowest BCUT2D eigenvalue weighted by atomic mass is 9.92. The number of alkyl halides is 1. The van der Waals surface area contributed by atoms with Gasteiger partial charge in [-0.05, 0) is 30.7 Å². The molecule has 0 saturated carbocycles. The van der Waals surface area contributed by atoms with Gasteiger partial charge in [-0.15, -0.1) is 0 Å². The van der Waals surface area contributed by atoms with E-state index >= 15 is 0 Å². The summed E-state index contributed by atoms with van der Waals surface area (Å²) >= 11 is 0. The van der Waals surface area contributed by atoms with Crippen LogP contribution in [0.25, 0.3) is 0 Å². The Morgan fingerprint density at radius 2 is 2.04 bits per heavy atom. The van der Waals surface area contributed by atoms with Crippen molar-refractivity contribution < 1.29 is 18.7 Å². The second kappa shape index (κ2) is 8.25. The van der Waals surface area contributed by atoms with E-state index in [9.17, 15) is 14.0 Å². The van der Waals surface area contributed by atoms with Gasteiger partial charge < -0.3 is 15.0 Å². The van der Waals surface area contributed by atoms with E-state index in [2.05, 4.69) is 11.4 Å². The summed E-state index contributed by atoms with van der Waals surface area (Å²) in [5.74, 6) is -0.357. The van der Waals surface area contributed by atoms with Crippen molar-refractivity contribution >= 4 is 23.4 Å². The van der Waals surface area contributed by atoms with E-state index in [0.717, 1.165) is 5.69 Å². The number of cyclic esters (lactones) is 1. The van der Waals surface area contributed by atoms with E-state index in [1.54, 1.807) is 0 Å². The number of carbonyl (C=O) groups excluding carboxylic acids is 2. The molecule has 0 bridgehead atoms. The van der Waals surface area contributed by atoms with Crippen molar-refractivity contribution in [3.63, 3.8) is 0 Å². The molecule has 0 spiro atoms. The zero-order valence-corrected chi connectivity index (χ0v) is 15.2. The van der Waals surface area contributed by atoms with E-state index in [4.69, 9.17) is 10.00 Å². The third-order valence-corrected chi connectivity index (χ3v) is 5.01. The minimum Gasteiger partial charge on any atom is -0.442 e. The molecule has 3 rings (SSSR count). The predicted octanol–water partition coefficient (Wildman–Crippen LogP) is 2.23. The number of rotatable bonds is 5. The molecule has 2 aliphatic heterocycles. The van der Waals surface area contributed by atoms with Crippen LogP contribution >= 0.6 is 0 Å². The van der Waals surface area contributed by atoms with Gasteiger partial charge in [-0.1, -0.05) is 0 Å². The van der Waals surface area contributed by atoms with Gasteiger partial charge in [-0.25, -0.2) is 9.18 Å². The maximum Gasteiger partial charge on any atom is 0.414 e. The van der Waals surface area contributed by atoms with Crippen molar-refractivity contribution in [3.8, 4) is 6.07 Å². The van der Waals surface area contributed by atoms with Gasteiger partial charge in [0.05, 0.1) is 19.2 Å². The van der Waals surface area contributed by atoms with E-state index in [-0.39, 0.29) is 37.4 Å². The van der Waals surface area contributed by atoms with Crippen LogP contribution in [0.1, 0.15) is 19.8 Å². The number of nitrogens with zero attached hydrogens (tertiary/aromatic N) is 3. The summed E-state index contributed by atoms with van der Waals surface area (Å²) in [6.07, 6.45) is -0.933. The molecule has 2 heterocycles. The van der Waals surface area contributed by atoms with E-state index in [1.807, 2.05) is 29.2 Å². The standard InChI is InChI=1S/C19H23FN4O3/c1-13(25)22-10-17-11-24(19(26)27-17)16-4-2-15(3-5-16)23-9-7-14(6-8-21)18(20)12-23/h2-5,14,17-18H,6-7,9-12H2,1H3,(H,22,25)/t14?,17-,18?/m0/s1. The van der Waals surface area contributed by atoms with Gasteiger partial charge in [0.2, 0.25) is 5.91 Å². The zero-order valence-electron chi connectivity index (χ0n) is 15.2. The zero-order chi connectivity index (χ0) is 19.4. The van der Waals surface area contributed by atoms with Gasteiger partial charge in [-0.2, -0.15) is 5.26 Å². The summed E-state index contributed by atoms with van der Waals surface area (Å²) in [5, 5.41) is 11.4. The first-order chi connectivity index (χ1) is 13.0. The van der Waals surface area contributed by atoms with Gasteiger partial charge in [0, 0.05) is 43.7 Å². The Kier molecular flexibility index (Phi) is 5.79. The minimum absolute atomic E-state index is 0.168. The number of benzene rings is 1. The van der Waals surface area contributed by atoms with Crippen molar-refractivity contribution in [2.75, 3.05) is 36.0 Å². The Bertz CT molecular complexity index is 733. The first kappa shape index (κ1) is 19.0. The number of ether oxygens (including phenoxy) is 1. The average molecular weight is 374 g/mol. The third kappa shape index (κ3) is 4.48. The molecule has 27 heavy (non-hydrogen) atoms. The molecule has 2 unspecified atom stereocenters. The molecule has 144 valence electrons. The Morgan fingerprint density at radius 3 is 2.67 bits per heavy atom. The van der Waals surface area contributed by atoms with Gasteiger partial charge in [0.1, 0.15) is 12.3 Å². The summed E-state index contributed by atoms with van der Waals surface area (Å²) in [6.45, 7) is 3.04. The molecule has 2 fully saturated rings. The number of nitrogens with one attached hydrogen (secondary N) is 1. The van der Waals surface area contributed by atoms with Crippen LogP contribution < -0.4 is 15.1 Å². The summed E-state index contributed by atoms with van der Waals surface area (Å²) < 4.78 is 19.5. The molecular weight excluding hydrogens is 351 g/mol. The molecule has 2 amide bonds. The number of hydrogen-bond acceptors (Lipinski definition) is 5.